The fraction of sp³-hybridized carbons (Fsp3) is 0.120. The van der Waals surface area contributed by atoms with Crippen molar-refractivity contribution in [2.24, 2.45) is 4.99 Å². The lowest BCUT2D eigenvalue weighted by Gasteiger charge is -2.14. The third-order valence-electron chi connectivity index (χ3n) is 4.67. The minimum Gasteiger partial charge on any atom is -0.490 e. The standard InChI is InChI=1S/C25H19Br2FN2O3S/c1-2-32-21-11-16(20(27)13-22(21)33-14-15-3-5-17(26)6-4-15)12-23-24(31)30-25(34-23)29-19-9-7-18(28)8-10-19/h3-13H,2,14H2,1H3,(H,29,30,31)/b23-12+. The molecular weight excluding hydrogens is 587 g/mol. The van der Waals surface area contributed by atoms with Crippen molar-refractivity contribution in [3.05, 3.63) is 91.5 Å². The van der Waals surface area contributed by atoms with Crippen molar-refractivity contribution in [2.45, 2.75) is 13.5 Å². The fourth-order valence-corrected chi connectivity index (χ4v) is 4.57. The highest BCUT2D eigenvalue weighted by molar-refractivity contribution is 9.10. The number of nitrogens with one attached hydrogen (secondary N) is 1. The number of hydrogen-bond acceptors (Lipinski definition) is 5. The Morgan fingerprint density at radius 3 is 2.44 bits per heavy atom. The van der Waals surface area contributed by atoms with Crippen LogP contribution in [0.15, 0.2) is 79.5 Å². The Bertz CT molecular complexity index is 1260. The average molecular weight is 606 g/mol. The molecule has 3 aromatic rings. The predicted octanol–water partition coefficient (Wildman–Crippen LogP) is 7.22. The van der Waals surface area contributed by atoms with Crippen LogP contribution in [-0.4, -0.2) is 17.7 Å². The van der Waals surface area contributed by atoms with Gasteiger partial charge in [-0.3, -0.25) is 4.79 Å². The Labute approximate surface area is 217 Å². The van der Waals surface area contributed by atoms with Crippen LogP contribution in [0.4, 0.5) is 10.1 Å². The van der Waals surface area contributed by atoms with Gasteiger partial charge in [0.05, 0.1) is 17.2 Å². The van der Waals surface area contributed by atoms with E-state index in [2.05, 4.69) is 42.2 Å². The van der Waals surface area contributed by atoms with Gasteiger partial charge in [-0.05, 0) is 84.4 Å². The number of rotatable bonds is 7. The number of amides is 1. The summed E-state index contributed by atoms with van der Waals surface area (Å²) in [5, 5.41) is 3.17. The summed E-state index contributed by atoms with van der Waals surface area (Å²) in [6, 6.07) is 17.3. The summed E-state index contributed by atoms with van der Waals surface area (Å²) in [6.45, 7) is 2.76. The molecule has 1 amide bonds. The number of amidine groups is 1. The highest BCUT2D eigenvalue weighted by atomic mass is 79.9. The van der Waals surface area contributed by atoms with Gasteiger partial charge in [-0.25, -0.2) is 9.38 Å². The van der Waals surface area contributed by atoms with Gasteiger partial charge in [-0.2, -0.15) is 0 Å². The molecule has 4 rings (SSSR count). The summed E-state index contributed by atoms with van der Waals surface area (Å²) >= 11 is 8.22. The van der Waals surface area contributed by atoms with Crippen molar-refractivity contribution >= 4 is 66.5 Å². The first-order valence-electron chi connectivity index (χ1n) is 10.3. The first kappa shape index (κ1) is 24.5. The Kier molecular flexibility index (Phi) is 8.07. The van der Waals surface area contributed by atoms with Crippen molar-refractivity contribution in [3.8, 4) is 11.5 Å². The van der Waals surface area contributed by atoms with Crippen molar-refractivity contribution in [1.29, 1.82) is 0 Å². The summed E-state index contributed by atoms with van der Waals surface area (Å²) in [7, 11) is 0. The number of carbonyl (C=O) groups excluding carboxylic acids is 1. The zero-order valence-electron chi connectivity index (χ0n) is 18.0. The molecule has 0 bridgehead atoms. The van der Waals surface area contributed by atoms with Gasteiger partial charge < -0.3 is 14.8 Å². The molecule has 0 radical (unpaired) electrons. The number of nitrogens with zero attached hydrogens (tertiary/aromatic N) is 1. The number of aliphatic imine (C=N–C) groups is 1. The van der Waals surface area contributed by atoms with Gasteiger partial charge in [0.25, 0.3) is 5.91 Å². The molecular formula is C25H19Br2FN2O3S. The third-order valence-corrected chi connectivity index (χ3v) is 6.79. The molecule has 1 fully saturated rings. The fourth-order valence-electron chi connectivity index (χ4n) is 3.04. The molecule has 174 valence electrons. The zero-order chi connectivity index (χ0) is 24.1. The lowest BCUT2D eigenvalue weighted by atomic mass is 10.1. The molecule has 0 saturated carbocycles. The minimum absolute atomic E-state index is 0.258. The van der Waals surface area contributed by atoms with Crippen LogP contribution in [0.2, 0.25) is 0 Å². The molecule has 0 aromatic heterocycles. The second kappa shape index (κ2) is 11.2. The van der Waals surface area contributed by atoms with Gasteiger partial charge in [-0.15, -0.1) is 0 Å². The Hall–Kier alpha value is -2.62. The summed E-state index contributed by atoms with van der Waals surface area (Å²) in [4.78, 5) is 17.3. The van der Waals surface area contributed by atoms with E-state index < -0.39 is 0 Å². The highest BCUT2D eigenvalue weighted by Crippen LogP contribution is 2.37. The number of carbonyl (C=O) groups is 1. The van der Waals surface area contributed by atoms with Crippen LogP contribution >= 0.6 is 43.6 Å². The average Bonchev–Trinajstić information content (AvgIpc) is 3.16. The number of benzene rings is 3. The van der Waals surface area contributed by atoms with E-state index >= 15 is 0 Å². The quantitative estimate of drug-likeness (QED) is 0.289. The Balaban J connectivity index is 1.55. The van der Waals surface area contributed by atoms with E-state index in [-0.39, 0.29) is 11.7 Å². The molecule has 0 spiro atoms. The maximum absolute atomic E-state index is 13.1. The highest BCUT2D eigenvalue weighted by Gasteiger charge is 2.24. The van der Waals surface area contributed by atoms with Crippen LogP contribution < -0.4 is 14.8 Å². The van der Waals surface area contributed by atoms with Gasteiger partial charge in [-0.1, -0.05) is 44.0 Å². The number of halogens is 3. The molecule has 1 aliphatic rings. The largest absolute Gasteiger partial charge is 0.490 e. The first-order chi connectivity index (χ1) is 16.4. The lowest BCUT2D eigenvalue weighted by Crippen LogP contribution is -2.19. The lowest BCUT2D eigenvalue weighted by molar-refractivity contribution is -0.115. The zero-order valence-corrected chi connectivity index (χ0v) is 22.0. The smallest absolute Gasteiger partial charge is 0.264 e. The molecule has 34 heavy (non-hydrogen) atoms. The molecule has 1 aliphatic heterocycles. The van der Waals surface area contributed by atoms with E-state index in [1.807, 2.05) is 43.3 Å². The van der Waals surface area contributed by atoms with Crippen LogP contribution in [0.5, 0.6) is 11.5 Å². The second-order valence-corrected chi connectivity index (χ2v) is 9.93. The predicted molar refractivity (Wildman–Crippen MR) is 141 cm³/mol. The van der Waals surface area contributed by atoms with Gasteiger partial charge >= 0.3 is 0 Å². The third kappa shape index (κ3) is 6.28. The maximum Gasteiger partial charge on any atom is 0.264 e. The van der Waals surface area contributed by atoms with E-state index in [0.29, 0.717) is 40.5 Å². The van der Waals surface area contributed by atoms with Crippen LogP contribution in [0.3, 0.4) is 0 Å². The Morgan fingerprint density at radius 1 is 1.03 bits per heavy atom. The van der Waals surface area contributed by atoms with Gasteiger partial charge in [0, 0.05) is 8.95 Å². The SMILES string of the molecule is CCOc1cc(/C=C2/SC(=Nc3ccc(F)cc3)NC2=O)c(Br)cc1OCc1ccc(Br)cc1. The number of thioether (sulfide) groups is 1. The molecule has 1 N–H and O–H groups in total. The summed E-state index contributed by atoms with van der Waals surface area (Å²) in [6.07, 6.45) is 1.76. The summed E-state index contributed by atoms with van der Waals surface area (Å²) < 4.78 is 26.7. The molecule has 1 saturated heterocycles. The van der Waals surface area contributed by atoms with Gasteiger partial charge in [0.15, 0.2) is 16.7 Å². The first-order valence-corrected chi connectivity index (χ1v) is 12.7. The van der Waals surface area contributed by atoms with Crippen LogP contribution in [0, 0.1) is 5.82 Å². The monoisotopic (exact) mass is 604 g/mol. The molecule has 0 unspecified atom stereocenters. The molecule has 0 aliphatic carbocycles. The van der Waals surface area contributed by atoms with E-state index in [9.17, 15) is 9.18 Å². The minimum atomic E-state index is -0.341. The van der Waals surface area contributed by atoms with Crippen molar-refractivity contribution < 1.29 is 18.7 Å². The van der Waals surface area contributed by atoms with Crippen molar-refractivity contribution in [1.82, 2.24) is 5.32 Å². The summed E-state index contributed by atoms with van der Waals surface area (Å²) in [5.74, 6) is 0.581. The molecule has 1 heterocycles. The molecule has 0 atom stereocenters. The maximum atomic E-state index is 13.1. The second-order valence-electron chi connectivity index (χ2n) is 7.13. The number of ether oxygens (including phenoxy) is 2. The number of hydrogen-bond donors (Lipinski definition) is 1. The summed E-state index contributed by atoms with van der Waals surface area (Å²) in [5.41, 5.74) is 2.35. The van der Waals surface area contributed by atoms with E-state index in [0.717, 1.165) is 20.1 Å². The topological polar surface area (TPSA) is 59.9 Å². The Morgan fingerprint density at radius 2 is 1.74 bits per heavy atom. The normalized spacial score (nSPS) is 15.6. The van der Waals surface area contributed by atoms with Crippen LogP contribution in [-0.2, 0) is 11.4 Å². The van der Waals surface area contributed by atoms with E-state index in [1.165, 1.54) is 23.9 Å². The molecule has 9 heteroatoms. The van der Waals surface area contributed by atoms with E-state index in [1.54, 1.807) is 18.2 Å². The van der Waals surface area contributed by atoms with Crippen molar-refractivity contribution in [2.75, 3.05) is 6.61 Å². The van der Waals surface area contributed by atoms with Gasteiger partial charge in [0.1, 0.15) is 12.4 Å². The van der Waals surface area contributed by atoms with Gasteiger partial charge in [0.2, 0.25) is 0 Å². The van der Waals surface area contributed by atoms with E-state index in [4.69, 9.17) is 9.47 Å². The molecule has 5 nitrogen and oxygen atoms in total. The van der Waals surface area contributed by atoms with Crippen LogP contribution in [0.1, 0.15) is 18.1 Å². The van der Waals surface area contributed by atoms with Crippen LogP contribution in [0.25, 0.3) is 6.08 Å². The molecule has 3 aromatic carbocycles. The van der Waals surface area contributed by atoms with Crippen molar-refractivity contribution in [3.63, 3.8) is 0 Å².